The molecule has 1 aromatic rings. The summed E-state index contributed by atoms with van der Waals surface area (Å²) in [4.78, 5) is 129. The van der Waals surface area contributed by atoms with Crippen LogP contribution in [-0.2, 0) is 44.8 Å². The van der Waals surface area contributed by atoms with Crippen LogP contribution in [0.5, 0.6) is 5.75 Å². The molecule has 0 aromatic heterocycles. The van der Waals surface area contributed by atoms with Crippen molar-refractivity contribution < 1.29 is 43.1 Å². The number of nitrogens with one attached hydrogen (secondary N) is 1. The maximum absolute atomic E-state index is 14.9. The summed E-state index contributed by atoms with van der Waals surface area (Å²) in [5.74, 6) is -3.17. The van der Waals surface area contributed by atoms with Gasteiger partial charge in [-0.2, -0.15) is 0 Å². The lowest BCUT2D eigenvalue weighted by Crippen LogP contribution is -2.60. The van der Waals surface area contributed by atoms with Crippen molar-refractivity contribution in [2.45, 2.75) is 163 Å². The number of carbonyl (C=O) groups excluding carboxylic acids is 8. The number of methoxy groups -OCH3 is 1. The molecular weight excluding hydrogens is 919 g/mol. The van der Waals surface area contributed by atoms with E-state index in [9.17, 15) is 38.4 Å². The van der Waals surface area contributed by atoms with Gasteiger partial charge in [0.2, 0.25) is 47.3 Å². The lowest BCUT2D eigenvalue weighted by atomic mass is 9.93. The first-order valence-corrected chi connectivity index (χ1v) is 26.2. The zero-order valence-electron chi connectivity index (χ0n) is 47.1. The van der Waals surface area contributed by atoms with E-state index in [2.05, 4.69) is 5.32 Å². The highest BCUT2D eigenvalue weighted by atomic mass is 16.5. The summed E-state index contributed by atoms with van der Waals surface area (Å²) < 4.78 is 5.37. The maximum Gasteiger partial charge on any atom is 0.246 e. The van der Waals surface area contributed by atoms with Crippen molar-refractivity contribution >= 4 is 47.3 Å². The number of hydrogen-bond acceptors (Lipinski definition) is 10. The second kappa shape index (κ2) is 27.2. The van der Waals surface area contributed by atoms with E-state index in [-0.39, 0.29) is 61.4 Å². The summed E-state index contributed by atoms with van der Waals surface area (Å²) in [6.45, 7) is 19.3. The Bertz CT molecular complexity index is 2030. The summed E-state index contributed by atoms with van der Waals surface area (Å²) in [5.41, 5.74) is 0.735. The van der Waals surface area contributed by atoms with Gasteiger partial charge in [-0.1, -0.05) is 80.4 Å². The molecule has 18 nitrogen and oxygen atoms in total. The van der Waals surface area contributed by atoms with E-state index in [0.717, 1.165) is 5.56 Å². The van der Waals surface area contributed by atoms with Gasteiger partial charge >= 0.3 is 0 Å². The average molecular weight is 1010 g/mol. The van der Waals surface area contributed by atoms with E-state index in [1.54, 1.807) is 59.1 Å². The molecule has 1 N–H and O–H groups in total. The van der Waals surface area contributed by atoms with Crippen LogP contribution >= 0.6 is 0 Å². The molecule has 18 heteroatoms. The lowest BCUT2D eigenvalue weighted by molar-refractivity contribution is -0.154. The number of ether oxygens (including phenoxy) is 1. The minimum Gasteiger partial charge on any atom is -0.497 e. The second-order valence-electron chi connectivity index (χ2n) is 21.7. The van der Waals surface area contributed by atoms with Crippen LogP contribution in [0.2, 0.25) is 0 Å². The number of likely N-dealkylation sites (N-methyl/N-ethyl adjacent to an activating group) is 7. The fraction of sp³-hybridized carbons (Fsp3) is 0.741. The normalized spacial score (nSPS) is 27.2. The van der Waals surface area contributed by atoms with Gasteiger partial charge < -0.3 is 44.4 Å². The van der Waals surface area contributed by atoms with Crippen LogP contribution in [0.3, 0.4) is 0 Å². The molecule has 10 unspecified atom stereocenters. The van der Waals surface area contributed by atoms with Gasteiger partial charge in [-0.3, -0.25) is 43.3 Å². The van der Waals surface area contributed by atoms with E-state index in [1.807, 2.05) is 79.5 Å². The van der Waals surface area contributed by atoms with Gasteiger partial charge in [0.05, 0.1) is 19.7 Å². The molecule has 72 heavy (non-hydrogen) atoms. The maximum atomic E-state index is 14.9. The number of hydrogen-bond donors (Lipinski definition) is 1. The minimum absolute atomic E-state index is 0.0352. The molecule has 10 atom stereocenters. The fourth-order valence-corrected chi connectivity index (χ4v) is 10.1. The van der Waals surface area contributed by atoms with Gasteiger partial charge in [0.15, 0.2) is 0 Å². The van der Waals surface area contributed by atoms with Crippen molar-refractivity contribution in [1.82, 2.24) is 44.5 Å². The molecule has 0 radical (unpaired) electrons. The van der Waals surface area contributed by atoms with Crippen molar-refractivity contribution in [3.63, 3.8) is 0 Å². The number of amides is 8. The van der Waals surface area contributed by atoms with Gasteiger partial charge in [0.1, 0.15) is 42.0 Å². The zero-order valence-corrected chi connectivity index (χ0v) is 47.1. The van der Waals surface area contributed by atoms with Crippen molar-refractivity contribution in [2.75, 3.05) is 76.1 Å². The van der Waals surface area contributed by atoms with Gasteiger partial charge in [-0.25, -0.2) is 0 Å². The number of benzene rings is 1. The first-order valence-electron chi connectivity index (χ1n) is 26.2. The molecule has 0 spiro atoms. The van der Waals surface area contributed by atoms with E-state index >= 15 is 0 Å². The molecule has 406 valence electrons. The Morgan fingerprint density at radius 3 is 1.74 bits per heavy atom. The van der Waals surface area contributed by atoms with Crippen LogP contribution in [0.4, 0.5) is 0 Å². The van der Waals surface area contributed by atoms with Crippen molar-refractivity contribution in [3.8, 4) is 5.75 Å². The fourth-order valence-electron chi connectivity index (χ4n) is 10.1. The first-order chi connectivity index (χ1) is 33.6. The highest BCUT2D eigenvalue weighted by molar-refractivity contribution is 5.97. The van der Waals surface area contributed by atoms with E-state index in [0.29, 0.717) is 44.4 Å². The topological polar surface area (TPSA) is 184 Å². The van der Waals surface area contributed by atoms with E-state index in [4.69, 9.17) is 4.74 Å². The molecule has 2 aliphatic heterocycles. The summed E-state index contributed by atoms with van der Waals surface area (Å²) in [6, 6.07) is 0.0965. The molecule has 8 amide bonds. The lowest BCUT2D eigenvalue weighted by Gasteiger charge is -2.42. The Labute approximate surface area is 431 Å². The van der Waals surface area contributed by atoms with Crippen LogP contribution in [0.25, 0.3) is 0 Å². The molecule has 2 fully saturated rings. The average Bonchev–Trinajstić information content (AvgIpc) is 3.85. The van der Waals surface area contributed by atoms with Crippen LogP contribution in [0.15, 0.2) is 24.3 Å². The number of carbonyl (C=O) groups is 8. The van der Waals surface area contributed by atoms with Gasteiger partial charge in [0, 0.05) is 67.8 Å². The number of nitrogens with zero attached hydrogens (tertiary/aromatic N) is 8. The third-order valence-electron chi connectivity index (χ3n) is 15.5. The molecule has 0 saturated carbocycles. The van der Waals surface area contributed by atoms with Crippen LogP contribution in [-0.4, -0.2) is 211 Å². The second-order valence-corrected chi connectivity index (χ2v) is 21.7. The molecule has 0 aliphatic carbocycles. The Hall–Kier alpha value is -5.26. The third kappa shape index (κ3) is 14.9. The quantitative estimate of drug-likeness (QED) is 0.342. The molecule has 2 heterocycles. The zero-order chi connectivity index (χ0) is 54.6. The van der Waals surface area contributed by atoms with Crippen LogP contribution < -0.4 is 10.1 Å². The van der Waals surface area contributed by atoms with Crippen LogP contribution in [0.1, 0.15) is 113 Å². The highest BCUT2D eigenvalue weighted by Gasteiger charge is 2.44. The number of fused-ring (bicyclic) bond motifs is 1. The van der Waals surface area contributed by atoms with Crippen molar-refractivity contribution in [1.29, 1.82) is 0 Å². The van der Waals surface area contributed by atoms with Crippen LogP contribution in [0, 0.1) is 23.7 Å². The SMILES string of the molecule is CCC(C)C1CN(C)C(CC(C)C)C(=O)N(C)C(C(C)CC)C(=O)N(C)C(C)C(=O)N(C)CC(=O)N(C)C(CC(C)C)C(=O)N2CCCC2C(=O)N(C)C(Cc2ccc(OC)cc2)C(=O)NC(C)C(=O)N1C. The Morgan fingerprint density at radius 1 is 0.625 bits per heavy atom. The van der Waals surface area contributed by atoms with Crippen molar-refractivity contribution in [3.05, 3.63) is 29.8 Å². The minimum atomic E-state index is -1.10. The summed E-state index contributed by atoms with van der Waals surface area (Å²) >= 11 is 0. The number of rotatable bonds is 11. The first kappa shape index (κ1) is 61.0. The van der Waals surface area contributed by atoms with Gasteiger partial charge in [-0.15, -0.1) is 0 Å². The largest absolute Gasteiger partial charge is 0.497 e. The summed E-state index contributed by atoms with van der Waals surface area (Å²) in [6.07, 6.45) is 2.95. The van der Waals surface area contributed by atoms with Crippen molar-refractivity contribution in [2.24, 2.45) is 23.7 Å². The predicted molar refractivity (Wildman–Crippen MR) is 279 cm³/mol. The highest BCUT2D eigenvalue weighted by Crippen LogP contribution is 2.27. The van der Waals surface area contributed by atoms with E-state index in [1.165, 1.54) is 50.5 Å². The Balaban J connectivity index is 2.24. The van der Waals surface area contributed by atoms with E-state index < -0.39 is 83.8 Å². The standard InChI is InChI=1S/C54H91N9O9/c1-19-35(7)45-31-56(11)43(28-33(3)4)52(69)62(17)47(36(8)20-2)54(71)58(13)38(10)50(67)57(12)32-46(64)59(14)44(29-34(5)6)53(70)63-27-21-22-41(63)51(68)60(15)42(30-39-23-25-40(72-18)26-24-39)48(65)55-37(9)49(66)61(45)16/h23-26,33-38,41-45,47H,19-22,27-32H2,1-18H3,(H,55,65). The Morgan fingerprint density at radius 2 is 1.19 bits per heavy atom. The molecule has 2 saturated heterocycles. The molecule has 2 aliphatic rings. The monoisotopic (exact) mass is 1010 g/mol. The Kier molecular flexibility index (Phi) is 23.0. The molecule has 3 rings (SSSR count). The van der Waals surface area contributed by atoms with Gasteiger partial charge in [-0.05, 0) is 87.9 Å². The predicted octanol–water partition coefficient (Wildman–Crippen LogP) is 3.85. The third-order valence-corrected chi connectivity index (χ3v) is 15.5. The summed E-state index contributed by atoms with van der Waals surface area (Å²) in [5, 5.41) is 2.94. The molecule has 0 bridgehead atoms. The van der Waals surface area contributed by atoms with Gasteiger partial charge in [0.25, 0.3) is 0 Å². The molecule has 1 aromatic carbocycles. The molecular formula is C54H91N9O9. The smallest absolute Gasteiger partial charge is 0.246 e. The summed E-state index contributed by atoms with van der Waals surface area (Å²) in [7, 11) is 12.8.